The van der Waals surface area contributed by atoms with Crippen LogP contribution in [0.3, 0.4) is 0 Å². The maximum absolute atomic E-state index is 12.1. The minimum atomic E-state index is -0.0559. The van der Waals surface area contributed by atoms with E-state index < -0.39 is 0 Å². The Bertz CT molecular complexity index is 1120. The number of carbonyl (C=O) groups excluding carboxylic acids is 1. The van der Waals surface area contributed by atoms with Gasteiger partial charge < -0.3 is 14.6 Å². The number of hydrogen-bond acceptors (Lipinski definition) is 6. The van der Waals surface area contributed by atoms with Crippen LogP contribution in [0.1, 0.15) is 17.9 Å². The highest BCUT2D eigenvalue weighted by Crippen LogP contribution is 2.20. The molecule has 0 spiro atoms. The van der Waals surface area contributed by atoms with Crippen LogP contribution in [0.25, 0.3) is 17.1 Å². The molecule has 0 saturated carbocycles. The van der Waals surface area contributed by atoms with E-state index in [0.29, 0.717) is 31.1 Å². The highest BCUT2D eigenvalue weighted by molar-refractivity contribution is 5.76. The highest BCUT2D eigenvalue weighted by Gasteiger charge is 2.11. The van der Waals surface area contributed by atoms with E-state index in [1.807, 2.05) is 71.7 Å². The van der Waals surface area contributed by atoms with Crippen molar-refractivity contribution in [2.45, 2.75) is 19.3 Å². The summed E-state index contributed by atoms with van der Waals surface area (Å²) in [4.78, 5) is 16.5. The number of aromatic nitrogens is 4. The lowest BCUT2D eigenvalue weighted by Crippen LogP contribution is -2.25. The molecule has 0 atom stereocenters. The maximum Gasteiger partial charge on any atom is 0.227 e. The van der Waals surface area contributed by atoms with Crippen LogP contribution >= 0.6 is 0 Å². The fourth-order valence-corrected chi connectivity index (χ4v) is 3.08. The second-order valence-corrected chi connectivity index (χ2v) is 6.97. The van der Waals surface area contributed by atoms with Gasteiger partial charge in [-0.15, -0.1) is 0 Å². The van der Waals surface area contributed by atoms with Crippen LogP contribution in [0.2, 0.25) is 0 Å². The van der Waals surface area contributed by atoms with Gasteiger partial charge in [0.2, 0.25) is 17.6 Å². The number of ether oxygens (including phenoxy) is 1. The lowest BCUT2D eigenvalue weighted by atomic mass is 10.2. The topological polar surface area (TPSA) is 95.1 Å². The van der Waals surface area contributed by atoms with Gasteiger partial charge in [-0.25, -0.2) is 4.68 Å². The van der Waals surface area contributed by atoms with Gasteiger partial charge in [-0.3, -0.25) is 4.79 Å². The van der Waals surface area contributed by atoms with E-state index >= 15 is 0 Å². The van der Waals surface area contributed by atoms with Crippen LogP contribution in [0, 0.1) is 0 Å². The standard InChI is InChI=1S/C23H23N5O3/c1-30-20-9-7-18(8-10-20)23-26-22(31-27-23)12-11-21(29)24-14-13-17-15-25-28(16-17)19-5-3-2-4-6-19/h2-10,15-16H,11-14H2,1H3,(H,24,29). The minimum Gasteiger partial charge on any atom is -0.497 e. The molecule has 0 aliphatic rings. The first-order chi connectivity index (χ1) is 15.2. The smallest absolute Gasteiger partial charge is 0.227 e. The van der Waals surface area contributed by atoms with Crippen LogP contribution in [0.15, 0.2) is 71.5 Å². The average Bonchev–Trinajstić information content (AvgIpc) is 3.48. The average molecular weight is 417 g/mol. The van der Waals surface area contributed by atoms with Gasteiger partial charge >= 0.3 is 0 Å². The van der Waals surface area contributed by atoms with Gasteiger partial charge in [-0.2, -0.15) is 10.1 Å². The second kappa shape index (κ2) is 9.71. The van der Waals surface area contributed by atoms with E-state index in [-0.39, 0.29) is 12.3 Å². The Kier molecular flexibility index (Phi) is 6.37. The Balaban J connectivity index is 1.21. The molecule has 1 N–H and O–H groups in total. The first-order valence-electron chi connectivity index (χ1n) is 10.0. The molecule has 158 valence electrons. The Morgan fingerprint density at radius 3 is 2.68 bits per heavy atom. The number of methoxy groups -OCH3 is 1. The molecule has 0 unspecified atom stereocenters. The van der Waals surface area contributed by atoms with Gasteiger partial charge in [0.15, 0.2) is 0 Å². The maximum atomic E-state index is 12.1. The molecule has 2 aromatic carbocycles. The summed E-state index contributed by atoms with van der Waals surface area (Å²) < 4.78 is 12.2. The number of hydrogen-bond donors (Lipinski definition) is 1. The van der Waals surface area contributed by atoms with Crippen molar-refractivity contribution in [1.29, 1.82) is 0 Å². The lowest BCUT2D eigenvalue weighted by Gasteiger charge is -2.03. The van der Waals surface area contributed by atoms with Crippen molar-refractivity contribution in [2.75, 3.05) is 13.7 Å². The van der Waals surface area contributed by atoms with E-state index in [1.165, 1.54) is 0 Å². The van der Waals surface area contributed by atoms with Crippen molar-refractivity contribution in [2.24, 2.45) is 0 Å². The normalized spacial score (nSPS) is 10.7. The van der Waals surface area contributed by atoms with Crippen LogP contribution in [0.5, 0.6) is 5.75 Å². The molecule has 2 heterocycles. The molecular formula is C23H23N5O3. The molecule has 31 heavy (non-hydrogen) atoms. The molecule has 8 nitrogen and oxygen atoms in total. The molecule has 4 rings (SSSR count). The third kappa shape index (κ3) is 5.36. The molecule has 0 bridgehead atoms. The van der Waals surface area contributed by atoms with Gasteiger partial charge in [-0.1, -0.05) is 23.4 Å². The molecule has 1 amide bonds. The first-order valence-corrected chi connectivity index (χ1v) is 10.0. The minimum absolute atomic E-state index is 0.0559. The number of carbonyl (C=O) groups is 1. The van der Waals surface area contributed by atoms with E-state index in [2.05, 4.69) is 20.6 Å². The molecule has 0 radical (unpaired) electrons. The van der Waals surface area contributed by atoms with Crippen LogP contribution < -0.4 is 10.1 Å². The number of rotatable bonds is 9. The number of amides is 1. The Hall–Kier alpha value is -3.94. The summed E-state index contributed by atoms with van der Waals surface area (Å²) in [6, 6.07) is 17.3. The molecule has 2 aromatic heterocycles. The summed E-state index contributed by atoms with van der Waals surface area (Å²) >= 11 is 0. The van der Waals surface area contributed by atoms with Crippen molar-refractivity contribution < 1.29 is 14.1 Å². The molecule has 0 aliphatic carbocycles. The quantitative estimate of drug-likeness (QED) is 0.449. The van der Waals surface area contributed by atoms with Gasteiger partial charge in [0.1, 0.15) is 5.75 Å². The Morgan fingerprint density at radius 2 is 1.90 bits per heavy atom. The number of para-hydroxylation sites is 1. The van der Waals surface area contributed by atoms with Crippen molar-refractivity contribution in [3.05, 3.63) is 78.4 Å². The highest BCUT2D eigenvalue weighted by atomic mass is 16.5. The van der Waals surface area contributed by atoms with Crippen molar-refractivity contribution in [3.63, 3.8) is 0 Å². The largest absolute Gasteiger partial charge is 0.497 e. The molecule has 0 fully saturated rings. The van der Waals surface area contributed by atoms with Gasteiger partial charge in [0, 0.05) is 31.1 Å². The summed E-state index contributed by atoms with van der Waals surface area (Å²) in [5.74, 6) is 1.63. The summed E-state index contributed by atoms with van der Waals surface area (Å²) in [6.45, 7) is 0.542. The van der Waals surface area contributed by atoms with Crippen molar-refractivity contribution in [3.8, 4) is 22.8 Å². The third-order valence-electron chi connectivity index (χ3n) is 4.77. The van der Waals surface area contributed by atoms with E-state index in [4.69, 9.17) is 9.26 Å². The summed E-state index contributed by atoms with van der Waals surface area (Å²) in [5.41, 5.74) is 2.90. The third-order valence-corrected chi connectivity index (χ3v) is 4.77. The SMILES string of the molecule is COc1ccc(-c2noc(CCC(=O)NCCc3cnn(-c4ccccc4)c3)n2)cc1. The first kappa shape index (κ1) is 20.3. The Labute approximate surface area is 179 Å². The number of nitrogens with zero attached hydrogens (tertiary/aromatic N) is 4. The van der Waals surface area contributed by atoms with Crippen molar-refractivity contribution in [1.82, 2.24) is 25.2 Å². The van der Waals surface area contributed by atoms with Crippen LogP contribution in [0.4, 0.5) is 0 Å². The fraction of sp³-hybridized carbons (Fsp3) is 0.217. The zero-order valence-corrected chi connectivity index (χ0v) is 17.2. The fourth-order valence-electron chi connectivity index (χ4n) is 3.08. The zero-order valence-electron chi connectivity index (χ0n) is 17.2. The van der Waals surface area contributed by atoms with Gasteiger partial charge in [0.05, 0.1) is 19.0 Å². The molecule has 4 aromatic rings. The van der Waals surface area contributed by atoms with Crippen molar-refractivity contribution >= 4 is 5.91 Å². The van der Waals surface area contributed by atoms with E-state index in [1.54, 1.807) is 7.11 Å². The molecular weight excluding hydrogens is 394 g/mol. The predicted octanol–water partition coefficient (Wildman–Crippen LogP) is 3.22. The Morgan fingerprint density at radius 1 is 1.10 bits per heavy atom. The molecule has 8 heteroatoms. The molecule has 0 aliphatic heterocycles. The molecule has 0 saturated heterocycles. The summed E-state index contributed by atoms with van der Waals surface area (Å²) in [5, 5.41) is 11.3. The van der Waals surface area contributed by atoms with Gasteiger partial charge in [-0.05, 0) is 48.4 Å². The zero-order chi connectivity index (χ0) is 21.5. The van der Waals surface area contributed by atoms with E-state index in [9.17, 15) is 4.79 Å². The lowest BCUT2D eigenvalue weighted by molar-refractivity contribution is -0.121. The summed E-state index contributed by atoms with van der Waals surface area (Å²) in [7, 11) is 1.62. The summed E-state index contributed by atoms with van der Waals surface area (Å²) in [6.07, 6.45) is 5.17. The van der Waals surface area contributed by atoms with Crippen LogP contribution in [-0.2, 0) is 17.6 Å². The van der Waals surface area contributed by atoms with Gasteiger partial charge in [0.25, 0.3) is 0 Å². The second-order valence-electron chi connectivity index (χ2n) is 6.97. The monoisotopic (exact) mass is 417 g/mol. The van der Waals surface area contributed by atoms with Crippen LogP contribution in [-0.4, -0.2) is 39.5 Å². The number of nitrogens with one attached hydrogen (secondary N) is 1. The number of aryl methyl sites for hydroxylation is 1. The number of benzene rings is 2. The van der Waals surface area contributed by atoms with E-state index in [0.717, 1.165) is 22.6 Å². The predicted molar refractivity (Wildman–Crippen MR) is 115 cm³/mol.